The predicted molar refractivity (Wildman–Crippen MR) is 178 cm³/mol. The van der Waals surface area contributed by atoms with Gasteiger partial charge in [-0.1, -0.05) is 142 Å². The quantitative estimate of drug-likeness (QED) is 0.0602. The van der Waals surface area contributed by atoms with Crippen molar-refractivity contribution in [3.63, 3.8) is 0 Å². The van der Waals surface area contributed by atoms with Crippen LogP contribution in [0.3, 0.4) is 0 Å². The second-order valence-corrected chi connectivity index (χ2v) is 12.8. The third-order valence-electron chi connectivity index (χ3n) is 8.62. The first-order valence-corrected chi connectivity index (χ1v) is 18.5. The average Bonchev–Trinajstić information content (AvgIpc) is 2.98. The zero-order chi connectivity index (χ0) is 30.9. The summed E-state index contributed by atoms with van der Waals surface area (Å²) in [5.74, 6) is -0.0891. The number of carbonyl (C=O) groups is 2. The first-order chi connectivity index (χ1) is 20.5. The van der Waals surface area contributed by atoms with E-state index in [0.717, 1.165) is 70.6 Å². The van der Waals surface area contributed by atoms with Crippen molar-refractivity contribution in [1.29, 1.82) is 0 Å². The lowest BCUT2D eigenvalue weighted by Gasteiger charge is -2.18. The first kappa shape index (κ1) is 40.9. The second-order valence-electron chi connectivity index (χ2n) is 12.8. The van der Waals surface area contributed by atoms with Gasteiger partial charge in [-0.25, -0.2) is 0 Å². The van der Waals surface area contributed by atoms with Crippen molar-refractivity contribution in [1.82, 2.24) is 0 Å². The number of aliphatic hydroxyl groups is 1. The van der Waals surface area contributed by atoms with Crippen LogP contribution in [-0.2, 0) is 19.1 Å². The Hall–Kier alpha value is -1.10. The van der Waals surface area contributed by atoms with Crippen molar-refractivity contribution in [3.05, 3.63) is 0 Å². The minimum absolute atomic E-state index is 0.00991. The summed E-state index contributed by atoms with van der Waals surface area (Å²) < 4.78 is 10.7. The monoisotopic (exact) mass is 597 g/mol. The Labute approximate surface area is 261 Å². The van der Waals surface area contributed by atoms with Gasteiger partial charge in [0.1, 0.15) is 6.10 Å². The molecule has 0 heterocycles. The van der Waals surface area contributed by atoms with E-state index in [1.54, 1.807) is 0 Å². The van der Waals surface area contributed by atoms with Crippen molar-refractivity contribution in [2.45, 2.75) is 219 Å². The van der Waals surface area contributed by atoms with E-state index in [4.69, 9.17) is 4.74 Å². The number of aliphatic hydroxyl groups excluding tert-OH is 1. The van der Waals surface area contributed by atoms with Gasteiger partial charge in [-0.05, 0) is 51.4 Å². The second kappa shape index (κ2) is 32.8. The molecule has 0 aromatic carbocycles. The molecule has 0 saturated heterocycles. The van der Waals surface area contributed by atoms with Crippen LogP contribution in [0.25, 0.3) is 0 Å². The summed E-state index contributed by atoms with van der Waals surface area (Å²) in [5.41, 5.74) is 0. The van der Waals surface area contributed by atoms with Crippen LogP contribution in [0, 0.1) is 0 Å². The number of ether oxygens (including phenoxy) is 2. The minimum Gasteiger partial charge on any atom is -0.469 e. The van der Waals surface area contributed by atoms with Gasteiger partial charge in [0.25, 0.3) is 0 Å². The lowest BCUT2D eigenvalue weighted by atomic mass is 10.0. The molecule has 0 saturated carbocycles. The van der Waals surface area contributed by atoms with Crippen LogP contribution in [0.1, 0.15) is 206 Å². The van der Waals surface area contributed by atoms with Crippen LogP contribution >= 0.6 is 0 Å². The molecule has 42 heavy (non-hydrogen) atoms. The summed E-state index contributed by atoms with van der Waals surface area (Å²) in [4.78, 5) is 23.7. The van der Waals surface area contributed by atoms with Crippen LogP contribution in [0.2, 0.25) is 0 Å². The van der Waals surface area contributed by atoms with Crippen molar-refractivity contribution in [2.75, 3.05) is 7.11 Å². The molecule has 0 bridgehead atoms. The fraction of sp³-hybridized carbons (Fsp3) is 0.946. The molecule has 0 spiro atoms. The number of unbranched alkanes of at least 4 members (excludes halogenated alkanes) is 20. The van der Waals surface area contributed by atoms with E-state index < -0.39 is 0 Å². The molecule has 2 atom stereocenters. The largest absolute Gasteiger partial charge is 0.469 e. The minimum atomic E-state index is -0.0990. The normalized spacial score (nSPS) is 12.8. The highest BCUT2D eigenvalue weighted by Crippen LogP contribution is 2.19. The number of hydrogen-bond donors (Lipinski definition) is 1. The van der Waals surface area contributed by atoms with Crippen LogP contribution < -0.4 is 0 Å². The number of carbonyl (C=O) groups excluding carboxylic acids is 2. The molecule has 0 aromatic heterocycles. The Bertz CT molecular complexity index is 579. The molecule has 0 aliphatic carbocycles. The zero-order valence-corrected chi connectivity index (χ0v) is 28.4. The highest BCUT2D eigenvalue weighted by Gasteiger charge is 2.14. The molecule has 2 unspecified atom stereocenters. The molecule has 0 fully saturated rings. The van der Waals surface area contributed by atoms with Gasteiger partial charge in [0.05, 0.1) is 13.2 Å². The van der Waals surface area contributed by atoms with Crippen LogP contribution in [0.4, 0.5) is 0 Å². The lowest BCUT2D eigenvalue weighted by molar-refractivity contribution is -0.150. The van der Waals surface area contributed by atoms with E-state index in [0.29, 0.717) is 12.8 Å². The fourth-order valence-corrected chi connectivity index (χ4v) is 5.77. The summed E-state index contributed by atoms with van der Waals surface area (Å²) in [6.45, 7) is 4.46. The van der Waals surface area contributed by atoms with Gasteiger partial charge < -0.3 is 14.6 Å². The van der Waals surface area contributed by atoms with Crippen molar-refractivity contribution in [2.24, 2.45) is 0 Å². The Morgan fingerprint density at radius 1 is 0.476 bits per heavy atom. The molecule has 0 amide bonds. The Morgan fingerprint density at radius 3 is 1.21 bits per heavy atom. The van der Waals surface area contributed by atoms with Gasteiger partial charge >= 0.3 is 11.9 Å². The summed E-state index contributed by atoms with van der Waals surface area (Å²) in [5, 5.41) is 10.1. The molecule has 0 aromatic rings. The number of rotatable bonds is 33. The Kier molecular flexibility index (Phi) is 31.9. The van der Waals surface area contributed by atoms with E-state index in [-0.39, 0.29) is 24.1 Å². The van der Waals surface area contributed by atoms with Crippen LogP contribution in [0.15, 0.2) is 0 Å². The Balaban J connectivity index is 3.83. The van der Waals surface area contributed by atoms with Gasteiger partial charge in [0.15, 0.2) is 0 Å². The highest BCUT2D eigenvalue weighted by atomic mass is 16.5. The van der Waals surface area contributed by atoms with Crippen molar-refractivity contribution in [3.8, 4) is 0 Å². The zero-order valence-electron chi connectivity index (χ0n) is 28.4. The third kappa shape index (κ3) is 30.4. The standard InChI is InChI=1S/C37H72O5/c1-4-6-8-22-28-34(38)29-23-18-14-10-12-17-21-27-33-37(40)42-35(30-24-9-7-5-2)31-25-19-15-11-13-16-20-26-32-36(39)41-3/h34-35,38H,4-33H2,1-3H3. The smallest absolute Gasteiger partial charge is 0.306 e. The summed E-state index contributed by atoms with van der Waals surface area (Å²) in [7, 11) is 1.45. The van der Waals surface area contributed by atoms with Crippen LogP contribution in [-0.4, -0.2) is 36.4 Å². The molecule has 0 aliphatic rings. The maximum Gasteiger partial charge on any atom is 0.306 e. The Morgan fingerprint density at radius 2 is 0.810 bits per heavy atom. The first-order valence-electron chi connectivity index (χ1n) is 18.5. The maximum absolute atomic E-state index is 12.6. The molecule has 0 rings (SSSR count). The summed E-state index contributed by atoms with van der Waals surface area (Å²) in [6, 6.07) is 0. The number of hydrogen-bond acceptors (Lipinski definition) is 5. The summed E-state index contributed by atoms with van der Waals surface area (Å²) >= 11 is 0. The third-order valence-corrected chi connectivity index (χ3v) is 8.62. The van der Waals surface area contributed by atoms with E-state index in [9.17, 15) is 14.7 Å². The molecular formula is C37H72O5. The van der Waals surface area contributed by atoms with E-state index in [1.807, 2.05) is 0 Å². The molecule has 0 radical (unpaired) electrons. The van der Waals surface area contributed by atoms with Crippen LogP contribution in [0.5, 0.6) is 0 Å². The molecule has 250 valence electrons. The molecule has 5 heteroatoms. The molecule has 5 nitrogen and oxygen atoms in total. The molecule has 0 aliphatic heterocycles. The van der Waals surface area contributed by atoms with Crippen molar-refractivity contribution >= 4 is 11.9 Å². The van der Waals surface area contributed by atoms with Gasteiger partial charge in [-0.2, -0.15) is 0 Å². The average molecular weight is 597 g/mol. The van der Waals surface area contributed by atoms with Gasteiger partial charge in [-0.15, -0.1) is 0 Å². The van der Waals surface area contributed by atoms with E-state index in [1.165, 1.54) is 116 Å². The van der Waals surface area contributed by atoms with Crippen molar-refractivity contribution < 1.29 is 24.2 Å². The fourth-order valence-electron chi connectivity index (χ4n) is 5.77. The maximum atomic E-state index is 12.6. The SMILES string of the molecule is CCCCCCC(O)CCCCCCCCCCC(=O)OC(CCCCCC)CCCCCCCCCCC(=O)OC. The van der Waals surface area contributed by atoms with Gasteiger partial charge in [-0.3, -0.25) is 9.59 Å². The lowest BCUT2D eigenvalue weighted by Crippen LogP contribution is -2.18. The topological polar surface area (TPSA) is 72.8 Å². The van der Waals surface area contributed by atoms with E-state index in [2.05, 4.69) is 18.6 Å². The highest BCUT2D eigenvalue weighted by molar-refractivity contribution is 5.69. The molecular weight excluding hydrogens is 524 g/mol. The summed E-state index contributed by atoms with van der Waals surface area (Å²) in [6.07, 6.45) is 33.7. The molecule has 1 N–H and O–H groups in total. The number of methoxy groups -OCH3 is 1. The van der Waals surface area contributed by atoms with Gasteiger partial charge in [0, 0.05) is 12.8 Å². The van der Waals surface area contributed by atoms with Gasteiger partial charge in [0.2, 0.25) is 0 Å². The van der Waals surface area contributed by atoms with E-state index >= 15 is 0 Å². The number of esters is 2. The predicted octanol–water partition coefficient (Wildman–Crippen LogP) is 11.2.